The van der Waals surface area contributed by atoms with Gasteiger partial charge in [-0.05, 0) is 55.9 Å². The molecule has 2 aromatic rings. The van der Waals surface area contributed by atoms with Crippen LogP contribution >= 0.6 is 11.3 Å². The van der Waals surface area contributed by atoms with Crippen LogP contribution in [-0.4, -0.2) is 25.1 Å². The number of amides is 1. The number of carbonyl (C=O) groups is 2. The molecule has 1 aliphatic rings. The van der Waals surface area contributed by atoms with E-state index in [0.29, 0.717) is 16.5 Å². The van der Waals surface area contributed by atoms with Gasteiger partial charge in [0.1, 0.15) is 10.8 Å². The van der Waals surface area contributed by atoms with Crippen LogP contribution in [0.2, 0.25) is 0 Å². The molecule has 5 nitrogen and oxygen atoms in total. The van der Waals surface area contributed by atoms with E-state index >= 15 is 0 Å². The first-order chi connectivity index (χ1) is 14.2. The lowest BCUT2D eigenvalue weighted by Gasteiger charge is -2.18. The van der Waals surface area contributed by atoms with Gasteiger partial charge < -0.3 is 14.8 Å². The maximum Gasteiger partial charge on any atom is 0.416 e. The second kappa shape index (κ2) is 9.07. The summed E-state index contributed by atoms with van der Waals surface area (Å²) in [6, 6.07) is 4.32. The number of nitrogens with one attached hydrogen (secondary N) is 1. The Hall–Kier alpha value is -2.55. The van der Waals surface area contributed by atoms with Gasteiger partial charge in [-0.3, -0.25) is 4.79 Å². The molecule has 1 N–H and O–H groups in total. The molecule has 162 valence electrons. The van der Waals surface area contributed by atoms with Crippen molar-refractivity contribution in [2.45, 2.75) is 39.3 Å². The molecule has 30 heavy (non-hydrogen) atoms. The third-order valence-electron chi connectivity index (χ3n) is 4.78. The van der Waals surface area contributed by atoms with E-state index in [1.165, 1.54) is 23.5 Å². The van der Waals surface area contributed by atoms with Crippen molar-refractivity contribution in [3.8, 4) is 5.75 Å². The van der Waals surface area contributed by atoms with Crippen LogP contribution in [0.3, 0.4) is 0 Å². The van der Waals surface area contributed by atoms with Crippen LogP contribution in [0.25, 0.3) is 0 Å². The van der Waals surface area contributed by atoms with E-state index in [9.17, 15) is 22.8 Å². The molecule has 0 saturated heterocycles. The zero-order valence-electron chi connectivity index (χ0n) is 16.6. The van der Waals surface area contributed by atoms with Crippen LogP contribution in [0.1, 0.15) is 46.6 Å². The Morgan fingerprint density at radius 1 is 1.30 bits per heavy atom. The van der Waals surface area contributed by atoms with E-state index in [-0.39, 0.29) is 12.4 Å². The first kappa shape index (κ1) is 22.1. The second-order valence-electron chi connectivity index (χ2n) is 7.14. The summed E-state index contributed by atoms with van der Waals surface area (Å²) in [5.41, 5.74) is 0.423. The first-order valence-corrected chi connectivity index (χ1v) is 10.4. The summed E-state index contributed by atoms with van der Waals surface area (Å²) >= 11 is 1.34. The zero-order valence-corrected chi connectivity index (χ0v) is 17.4. The molecule has 0 bridgehead atoms. The molecule has 0 saturated carbocycles. The van der Waals surface area contributed by atoms with Gasteiger partial charge in [-0.15, -0.1) is 11.3 Å². The Bertz CT molecular complexity index is 939. The standard InChI is InChI=1S/C21H22F3NO4S/c1-3-28-20(27)18-15-8-7-12(2)9-16(15)30-19(18)25-17(26)11-29-14-6-4-5-13(10-14)21(22,23)24/h4-6,10,12H,3,7-9,11H2,1-2H3,(H,25,26)/t12-/m0/s1. The molecule has 1 heterocycles. The van der Waals surface area contributed by atoms with E-state index in [1.807, 2.05) is 0 Å². The second-order valence-corrected chi connectivity index (χ2v) is 8.24. The van der Waals surface area contributed by atoms with E-state index < -0.39 is 30.2 Å². The molecule has 1 aromatic carbocycles. The largest absolute Gasteiger partial charge is 0.484 e. The Balaban J connectivity index is 1.73. The summed E-state index contributed by atoms with van der Waals surface area (Å²) in [6.45, 7) is 3.57. The Labute approximate surface area is 176 Å². The number of alkyl halides is 3. The molecule has 0 spiro atoms. The third kappa shape index (κ3) is 5.13. The number of hydrogen-bond donors (Lipinski definition) is 1. The number of halogens is 3. The van der Waals surface area contributed by atoms with Crippen LogP contribution in [0.5, 0.6) is 5.75 Å². The smallest absolute Gasteiger partial charge is 0.416 e. The quantitative estimate of drug-likeness (QED) is 0.635. The van der Waals surface area contributed by atoms with Gasteiger partial charge >= 0.3 is 12.1 Å². The van der Waals surface area contributed by atoms with Crippen LogP contribution in [0, 0.1) is 5.92 Å². The fraction of sp³-hybridized carbons (Fsp3) is 0.429. The molecule has 0 unspecified atom stereocenters. The Kier molecular flexibility index (Phi) is 6.70. The molecular formula is C21H22F3NO4S. The maximum atomic E-state index is 12.8. The lowest BCUT2D eigenvalue weighted by Crippen LogP contribution is -2.21. The van der Waals surface area contributed by atoms with Crippen molar-refractivity contribution < 1.29 is 32.2 Å². The van der Waals surface area contributed by atoms with Gasteiger partial charge in [-0.1, -0.05) is 13.0 Å². The summed E-state index contributed by atoms with van der Waals surface area (Å²) in [7, 11) is 0. The fourth-order valence-electron chi connectivity index (χ4n) is 3.33. The van der Waals surface area contributed by atoms with Crippen LogP contribution in [0.4, 0.5) is 18.2 Å². The number of thiophene rings is 1. The highest BCUT2D eigenvalue weighted by Crippen LogP contribution is 2.40. The number of hydrogen-bond acceptors (Lipinski definition) is 5. The highest BCUT2D eigenvalue weighted by atomic mass is 32.1. The van der Waals surface area contributed by atoms with E-state index in [4.69, 9.17) is 9.47 Å². The van der Waals surface area contributed by atoms with Gasteiger partial charge in [0.25, 0.3) is 5.91 Å². The number of esters is 1. The molecule has 3 rings (SSSR count). The molecule has 0 aliphatic heterocycles. The molecule has 1 atom stereocenters. The highest BCUT2D eigenvalue weighted by molar-refractivity contribution is 7.17. The number of rotatable bonds is 6. The van der Waals surface area contributed by atoms with Crippen molar-refractivity contribution in [3.63, 3.8) is 0 Å². The monoisotopic (exact) mass is 441 g/mol. The molecule has 0 radical (unpaired) electrons. The van der Waals surface area contributed by atoms with Crippen LogP contribution in [0.15, 0.2) is 24.3 Å². The highest BCUT2D eigenvalue weighted by Gasteiger charge is 2.31. The summed E-state index contributed by atoms with van der Waals surface area (Å²) in [5.74, 6) is -0.632. The average molecular weight is 441 g/mol. The van der Waals surface area contributed by atoms with Gasteiger partial charge in [0.2, 0.25) is 0 Å². The summed E-state index contributed by atoms with van der Waals surface area (Å²) in [4.78, 5) is 25.9. The molecular weight excluding hydrogens is 419 g/mol. The summed E-state index contributed by atoms with van der Waals surface area (Å²) in [6.07, 6.45) is -1.99. The maximum absolute atomic E-state index is 12.8. The van der Waals surface area contributed by atoms with E-state index in [0.717, 1.165) is 41.8 Å². The third-order valence-corrected chi connectivity index (χ3v) is 5.95. The van der Waals surface area contributed by atoms with Crippen molar-refractivity contribution in [1.29, 1.82) is 0 Å². The number of fused-ring (bicyclic) bond motifs is 1. The minimum absolute atomic E-state index is 0.0649. The van der Waals surface area contributed by atoms with Crippen molar-refractivity contribution in [1.82, 2.24) is 0 Å². The van der Waals surface area contributed by atoms with Crippen LogP contribution < -0.4 is 10.1 Å². The molecule has 1 amide bonds. The Morgan fingerprint density at radius 3 is 2.77 bits per heavy atom. The Morgan fingerprint density at radius 2 is 2.07 bits per heavy atom. The summed E-state index contributed by atoms with van der Waals surface area (Å²) < 4.78 is 48.8. The predicted octanol–water partition coefficient (Wildman–Crippen LogP) is 5.09. The van der Waals surface area contributed by atoms with Crippen LogP contribution in [-0.2, 0) is 28.5 Å². The van der Waals surface area contributed by atoms with Gasteiger partial charge in [0.15, 0.2) is 6.61 Å². The van der Waals surface area contributed by atoms with E-state index in [1.54, 1.807) is 6.92 Å². The number of anilines is 1. The predicted molar refractivity (Wildman–Crippen MR) is 107 cm³/mol. The minimum Gasteiger partial charge on any atom is -0.484 e. The van der Waals surface area contributed by atoms with Gasteiger partial charge in [0.05, 0.1) is 17.7 Å². The SMILES string of the molecule is CCOC(=O)c1c(NC(=O)COc2cccc(C(F)(F)F)c2)sc2c1CC[C@H](C)C2. The van der Waals surface area contributed by atoms with Crippen molar-refractivity contribution >= 4 is 28.2 Å². The van der Waals surface area contributed by atoms with E-state index in [2.05, 4.69) is 12.2 Å². The first-order valence-electron chi connectivity index (χ1n) is 9.60. The average Bonchev–Trinajstić information content (AvgIpc) is 3.03. The number of carbonyl (C=O) groups excluding carboxylic acids is 2. The molecule has 1 aromatic heterocycles. The molecule has 0 fully saturated rings. The molecule has 9 heteroatoms. The van der Waals surface area contributed by atoms with Gasteiger partial charge in [0, 0.05) is 4.88 Å². The topological polar surface area (TPSA) is 64.6 Å². The number of benzene rings is 1. The lowest BCUT2D eigenvalue weighted by atomic mass is 9.88. The lowest BCUT2D eigenvalue weighted by molar-refractivity contribution is -0.137. The van der Waals surface area contributed by atoms with Crippen molar-refractivity contribution in [2.24, 2.45) is 5.92 Å². The zero-order chi connectivity index (χ0) is 21.9. The van der Waals surface area contributed by atoms with Gasteiger partial charge in [-0.25, -0.2) is 4.79 Å². The normalized spacial score (nSPS) is 16.0. The molecule has 1 aliphatic carbocycles. The van der Waals surface area contributed by atoms with Crippen molar-refractivity contribution in [3.05, 3.63) is 45.8 Å². The fourth-order valence-corrected chi connectivity index (χ4v) is 4.75. The van der Waals surface area contributed by atoms with Crippen molar-refractivity contribution in [2.75, 3.05) is 18.5 Å². The number of ether oxygens (including phenoxy) is 2. The van der Waals surface area contributed by atoms with Gasteiger partial charge in [-0.2, -0.15) is 13.2 Å². The minimum atomic E-state index is -4.50. The summed E-state index contributed by atoms with van der Waals surface area (Å²) in [5, 5.41) is 3.06.